The maximum atomic E-state index is 12.6. The lowest BCUT2D eigenvalue weighted by Gasteiger charge is -2.30. The van der Waals surface area contributed by atoms with E-state index in [1.54, 1.807) is 6.26 Å². The van der Waals surface area contributed by atoms with Crippen LogP contribution in [0.5, 0.6) is 0 Å². The van der Waals surface area contributed by atoms with E-state index in [9.17, 15) is 4.79 Å². The fourth-order valence-corrected chi connectivity index (χ4v) is 3.62. The highest BCUT2D eigenvalue weighted by Crippen LogP contribution is 2.48. The number of anilines is 2. The van der Waals surface area contributed by atoms with Crippen molar-refractivity contribution in [1.29, 1.82) is 0 Å². The number of para-hydroxylation sites is 2. The summed E-state index contributed by atoms with van der Waals surface area (Å²) < 4.78 is 5.42. The van der Waals surface area contributed by atoms with E-state index in [0.717, 1.165) is 49.5 Å². The zero-order chi connectivity index (χ0) is 17.2. The van der Waals surface area contributed by atoms with Crippen LogP contribution in [-0.2, 0) is 4.79 Å². The van der Waals surface area contributed by atoms with Gasteiger partial charge in [-0.3, -0.25) is 4.79 Å². The van der Waals surface area contributed by atoms with Crippen molar-refractivity contribution in [3.05, 3.63) is 48.4 Å². The molecule has 4 rings (SSSR count). The Balaban J connectivity index is 1.38. The summed E-state index contributed by atoms with van der Waals surface area (Å²) in [5.41, 5.74) is 1.89. The van der Waals surface area contributed by atoms with E-state index in [4.69, 9.17) is 4.42 Å². The molecule has 0 unspecified atom stereocenters. The summed E-state index contributed by atoms with van der Waals surface area (Å²) in [6.07, 6.45) is 4.79. The number of hydrogen-bond donors (Lipinski definition) is 2. The van der Waals surface area contributed by atoms with Crippen LogP contribution < -0.4 is 10.6 Å². The second kappa shape index (κ2) is 6.92. The molecule has 25 heavy (non-hydrogen) atoms. The molecule has 2 N–H and O–H groups in total. The van der Waals surface area contributed by atoms with Gasteiger partial charge in [-0.2, -0.15) is 0 Å². The van der Waals surface area contributed by atoms with Crippen molar-refractivity contribution in [2.45, 2.75) is 31.2 Å². The Morgan fingerprint density at radius 1 is 1.12 bits per heavy atom. The number of amides is 1. The van der Waals surface area contributed by atoms with Crippen molar-refractivity contribution in [1.82, 2.24) is 4.90 Å². The first kappa shape index (κ1) is 16.2. The molecule has 2 fully saturated rings. The summed E-state index contributed by atoms with van der Waals surface area (Å²) in [4.78, 5) is 14.9. The lowest BCUT2D eigenvalue weighted by atomic mass is 10.0. The Morgan fingerprint density at radius 3 is 2.60 bits per heavy atom. The third-order valence-corrected chi connectivity index (χ3v) is 5.30. The van der Waals surface area contributed by atoms with Crippen LogP contribution in [-0.4, -0.2) is 37.0 Å². The molecule has 0 bridgehead atoms. The van der Waals surface area contributed by atoms with Crippen molar-refractivity contribution in [2.75, 3.05) is 30.8 Å². The van der Waals surface area contributed by atoms with Crippen LogP contribution in [0.2, 0.25) is 0 Å². The number of hydrogen-bond acceptors (Lipinski definition) is 4. The maximum absolute atomic E-state index is 12.6. The fraction of sp³-hybridized carbons (Fsp3) is 0.450. The number of likely N-dealkylation sites (tertiary alicyclic amines) is 1. The average molecular weight is 339 g/mol. The molecule has 1 aliphatic carbocycles. The van der Waals surface area contributed by atoms with Gasteiger partial charge in [0.05, 0.1) is 17.6 Å². The number of carbonyl (C=O) groups excluding carboxylic acids is 1. The minimum atomic E-state index is 0.0162. The van der Waals surface area contributed by atoms with Gasteiger partial charge in [-0.05, 0) is 63.7 Å². The van der Waals surface area contributed by atoms with Gasteiger partial charge in [0.2, 0.25) is 5.91 Å². The van der Waals surface area contributed by atoms with Crippen molar-refractivity contribution in [2.24, 2.45) is 5.92 Å². The van der Waals surface area contributed by atoms with Gasteiger partial charge in [0.15, 0.2) is 0 Å². The maximum Gasteiger partial charge on any atom is 0.228 e. The third kappa shape index (κ3) is 3.71. The number of furan rings is 1. The van der Waals surface area contributed by atoms with Gasteiger partial charge >= 0.3 is 0 Å². The van der Waals surface area contributed by atoms with Gasteiger partial charge in [-0.15, -0.1) is 0 Å². The molecule has 5 nitrogen and oxygen atoms in total. The zero-order valence-corrected chi connectivity index (χ0v) is 14.6. The zero-order valence-electron chi connectivity index (χ0n) is 14.6. The summed E-state index contributed by atoms with van der Waals surface area (Å²) >= 11 is 0. The summed E-state index contributed by atoms with van der Waals surface area (Å²) in [7, 11) is 2.16. The van der Waals surface area contributed by atoms with Crippen LogP contribution in [0.25, 0.3) is 0 Å². The minimum Gasteiger partial charge on any atom is -0.469 e. The molecule has 5 heteroatoms. The Morgan fingerprint density at radius 2 is 1.88 bits per heavy atom. The van der Waals surface area contributed by atoms with Crippen LogP contribution in [0.3, 0.4) is 0 Å². The van der Waals surface area contributed by atoms with Crippen molar-refractivity contribution in [3.8, 4) is 0 Å². The summed E-state index contributed by atoms with van der Waals surface area (Å²) in [5, 5.41) is 6.72. The van der Waals surface area contributed by atoms with Crippen LogP contribution in [0.4, 0.5) is 11.4 Å². The molecule has 1 saturated heterocycles. The molecule has 2 aromatic rings. The van der Waals surface area contributed by atoms with Crippen LogP contribution in [0.1, 0.15) is 30.9 Å². The van der Waals surface area contributed by atoms with Gasteiger partial charge in [0.25, 0.3) is 0 Å². The SMILES string of the molecule is CN1CCC(Nc2ccccc2NC(=O)[C@H]2C[C@@H]2c2ccco2)CC1. The molecule has 1 aromatic heterocycles. The Hall–Kier alpha value is -2.27. The molecule has 2 aliphatic rings. The highest BCUT2D eigenvalue weighted by molar-refractivity contribution is 5.97. The van der Waals surface area contributed by atoms with Crippen LogP contribution in [0, 0.1) is 5.92 Å². The molecule has 0 spiro atoms. The van der Waals surface area contributed by atoms with E-state index in [-0.39, 0.29) is 17.7 Å². The lowest BCUT2D eigenvalue weighted by Crippen LogP contribution is -2.36. The predicted octanol–water partition coefficient (Wildman–Crippen LogP) is 3.53. The Labute approximate surface area is 148 Å². The van der Waals surface area contributed by atoms with Crippen LogP contribution in [0.15, 0.2) is 47.1 Å². The van der Waals surface area contributed by atoms with E-state index in [1.165, 1.54) is 0 Å². The first-order valence-corrected chi connectivity index (χ1v) is 9.09. The molecule has 0 radical (unpaired) electrons. The number of carbonyl (C=O) groups is 1. The van der Waals surface area contributed by atoms with E-state index < -0.39 is 0 Å². The molecule has 1 aliphatic heterocycles. The Kier molecular flexibility index (Phi) is 4.49. The monoisotopic (exact) mass is 339 g/mol. The number of piperidine rings is 1. The molecular formula is C20H25N3O2. The topological polar surface area (TPSA) is 57.5 Å². The number of nitrogens with zero attached hydrogens (tertiary/aromatic N) is 1. The normalized spacial score (nSPS) is 24.0. The predicted molar refractivity (Wildman–Crippen MR) is 98.8 cm³/mol. The van der Waals surface area contributed by atoms with E-state index >= 15 is 0 Å². The molecule has 132 valence electrons. The first-order chi connectivity index (χ1) is 12.2. The molecular weight excluding hydrogens is 314 g/mol. The van der Waals surface area contributed by atoms with Crippen molar-refractivity contribution in [3.63, 3.8) is 0 Å². The first-order valence-electron chi connectivity index (χ1n) is 9.09. The van der Waals surface area contributed by atoms with Gasteiger partial charge in [0.1, 0.15) is 5.76 Å². The summed E-state index contributed by atoms with van der Waals surface area (Å²) in [5.74, 6) is 1.24. The minimum absolute atomic E-state index is 0.0162. The van der Waals surface area contributed by atoms with Crippen molar-refractivity contribution < 1.29 is 9.21 Å². The second-order valence-electron chi connectivity index (χ2n) is 7.22. The third-order valence-electron chi connectivity index (χ3n) is 5.30. The van der Waals surface area contributed by atoms with Gasteiger partial charge in [0, 0.05) is 17.9 Å². The number of rotatable bonds is 5. The fourth-order valence-electron chi connectivity index (χ4n) is 3.62. The summed E-state index contributed by atoms with van der Waals surface area (Å²) in [6.45, 7) is 2.22. The quantitative estimate of drug-likeness (QED) is 0.875. The highest BCUT2D eigenvalue weighted by atomic mass is 16.3. The summed E-state index contributed by atoms with van der Waals surface area (Å²) in [6, 6.07) is 12.3. The standard InChI is InChI=1S/C20H25N3O2/c1-23-10-8-14(9-11-23)21-17-5-2-3-6-18(17)22-20(24)16-13-15(16)19-7-4-12-25-19/h2-7,12,14-16,21H,8-11,13H2,1H3,(H,22,24)/t15-,16-/m0/s1. The molecule has 2 atom stereocenters. The smallest absolute Gasteiger partial charge is 0.228 e. The molecule has 1 amide bonds. The van der Waals surface area contributed by atoms with Gasteiger partial charge < -0.3 is 20.0 Å². The molecule has 1 saturated carbocycles. The lowest BCUT2D eigenvalue weighted by molar-refractivity contribution is -0.117. The van der Waals surface area contributed by atoms with Gasteiger partial charge in [-0.25, -0.2) is 0 Å². The Bertz CT molecular complexity index is 720. The van der Waals surface area contributed by atoms with Crippen LogP contribution >= 0.6 is 0 Å². The highest BCUT2D eigenvalue weighted by Gasteiger charge is 2.45. The number of benzene rings is 1. The molecule has 1 aromatic carbocycles. The molecule has 2 heterocycles. The van der Waals surface area contributed by atoms with E-state index in [0.29, 0.717) is 6.04 Å². The number of nitrogens with one attached hydrogen (secondary N) is 2. The largest absolute Gasteiger partial charge is 0.469 e. The average Bonchev–Trinajstić information content (AvgIpc) is 3.24. The van der Waals surface area contributed by atoms with E-state index in [2.05, 4.69) is 22.6 Å². The second-order valence-corrected chi connectivity index (χ2v) is 7.22. The van der Waals surface area contributed by atoms with Crippen molar-refractivity contribution >= 4 is 17.3 Å². The van der Waals surface area contributed by atoms with Gasteiger partial charge in [-0.1, -0.05) is 12.1 Å². The van der Waals surface area contributed by atoms with E-state index in [1.807, 2.05) is 36.4 Å².